The van der Waals surface area contributed by atoms with Crippen LogP contribution in [0, 0.1) is 0 Å². The highest BCUT2D eigenvalue weighted by Gasteiger charge is 2.31. The van der Waals surface area contributed by atoms with Crippen LogP contribution in [0.2, 0.25) is 0 Å². The van der Waals surface area contributed by atoms with E-state index in [1.807, 2.05) is 66.7 Å². The number of sulfonamides is 1. The fourth-order valence-corrected chi connectivity index (χ4v) is 6.27. The van der Waals surface area contributed by atoms with Crippen molar-refractivity contribution in [2.75, 3.05) is 21.1 Å². The van der Waals surface area contributed by atoms with Crippen molar-refractivity contribution < 1.29 is 13.2 Å². The van der Waals surface area contributed by atoms with Gasteiger partial charge in [0.1, 0.15) is 0 Å². The Balaban J connectivity index is 1.34. The zero-order chi connectivity index (χ0) is 26.0. The van der Waals surface area contributed by atoms with Gasteiger partial charge in [-0.3, -0.25) is 9.10 Å². The van der Waals surface area contributed by atoms with E-state index in [1.54, 1.807) is 12.1 Å². The molecule has 5 rings (SSSR count). The average Bonchev–Trinajstić information content (AvgIpc) is 3.35. The van der Waals surface area contributed by atoms with E-state index in [-0.39, 0.29) is 22.4 Å². The number of hydrogen-bond acceptors (Lipinski definition) is 4. The van der Waals surface area contributed by atoms with Gasteiger partial charge >= 0.3 is 0 Å². The van der Waals surface area contributed by atoms with E-state index < -0.39 is 10.0 Å². The van der Waals surface area contributed by atoms with Gasteiger partial charge in [-0.1, -0.05) is 42.5 Å². The van der Waals surface area contributed by atoms with Crippen LogP contribution >= 0.6 is 0 Å². The van der Waals surface area contributed by atoms with E-state index in [0.29, 0.717) is 24.3 Å². The van der Waals surface area contributed by atoms with Gasteiger partial charge < -0.3 is 10.2 Å². The second-order valence-electron chi connectivity index (χ2n) is 9.28. The summed E-state index contributed by atoms with van der Waals surface area (Å²) in [6.45, 7) is 4.65. The number of carbonyl (C=O) groups is 1. The molecule has 1 aliphatic heterocycles. The third-order valence-corrected chi connectivity index (χ3v) is 8.29. The Morgan fingerprint density at radius 3 is 2.24 bits per heavy atom. The van der Waals surface area contributed by atoms with Gasteiger partial charge in [-0.15, -0.1) is 0 Å². The molecule has 0 atom stereocenters. The second kappa shape index (κ2) is 10.1. The molecule has 0 spiro atoms. The Kier molecular flexibility index (Phi) is 6.72. The molecule has 0 radical (unpaired) electrons. The van der Waals surface area contributed by atoms with Crippen LogP contribution in [-0.4, -0.2) is 26.9 Å². The first-order chi connectivity index (χ1) is 17.8. The zero-order valence-electron chi connectivity index (χ0n) is 20.8. The Morgan fingerprint density at radius 2 is 1.51 bits per heavy atom. The first-order valence-corrected chi connectivity index (χ1v) is 13.7. The number of anilines is 4. The molecule has 7 heteroatoms. The topological polar surface area (TPSA) is 69.7 Å². The minimum Gasteiger partial charge on any atom is -0.339 e. The minimum atomic E-state index is -3.78. The largest absolute Gasteiger partial charge is 0.339 e. The van der Waals surface area contributed by atoms with Crippen LogP contribution in [0.5, 0.6) is 0 Å². The molecule has 0 aromatic heterocycles. The van der Waals surface area contributed by atoms with Gasteiger partial charge in [0.05, 0.1) is 10.6 Å². The van der Waals surface area contributed by atoms with Crippen LogP contribution < -0.4 is 14.5 Å². The molecule has 4 aromatic carbocycles. The minimum absolute atomic E-state index is 0.0997. The standard InChI is InChI=1S/C30H29N3O3S/c1-22(2)33(26-11-4-3-5-12-26)27-17-15-25(16-18-27)31-30(34)24-10-8-13-28(21-24)37(35,36)32-20-19-23-9-6-7-14-29(23)32/h3-18,21-22H,19-20H2,1-2H3,(H,31,34). The van der Waals surface area contributed by atoms with Crippen molar-refractivity contribution >= 4 is 38.7 Å². The van der Waals surface area contributed by atoms with Crippen molar-refractivity contribution in [3.8, 4) is 0 Å². The summed E-state index contributed by atoms with van der Waals surface area (Å²) in [5, 5.41) is 2.89. The SMILES string of the molecule is CC(C)N(c1ccccc1)c1ccc(NC(=O)c2cccc(S(=O)(=O)N3CCc4ccccc43)c2)cc1. The van der Waals surface area contributed by atoms with E-state index in [0.717, 1.165) is 16.9 Å². The van der Waals surface area contributed by atoms with Gasteiger partial charge in [0.15, 0.2) is 0 Å². The molecule has 6 nitrogen and oxygen atoms in total. The normalized spacial score (nSPS) is 12.9. The summed E-state index contributed by atoms with van der Waals surface area (Å²) in [4.78, 5) is 15.3. The Labute approximate surface area is 218 Å². The van der Waals surface area contributed by atoms with E-state index >= 15 is 0 Å². The number of amides is 1. The van der Waals surface area contributed by atoms with E-state index in [1.165, 1.54) is 16.4 Å². The van der Waals surface area contributed by atoms with Crippen molar-refractivity contribution in [2.24, 2.45) is 0 Å². The maximum absolute atomic E-state index is 13.4. The smallest absolute Gasteiger partial charge is 0.264 e. The number of nitrogens with one attached hydrogen (secondary N) is 1. The average molecular weight is 512 g/mol. The molecular weight excluding hydrogens is 482 g/mol. The maximum atomic E-state index is 13.4. The van der Waals surface area contributed by atoms with Crippen LogP contribution in [0.25, 0.3) is 0 Å². The van der Waals surface area contributed by atoms with Gasteiger partial charge in [-0.05, 0) is 86.5 Å². The molecule has 0 aliphatic carbocycles. The van der Waals surface area contributed by atoms with Gasteiger partial charge in [0, 0.05) is 35.2 Å². The highest BCUT2D eigenvalue weighted by atomic mass is 32.2. The van der Waals surface area contributed by atoms with E-state index in [4.69, 9.17) is 0 Å². The van der Waals surface area contributed by atoms with Crippen molar-refractivity contribution in [3.05, 3.63) is 114 Å². The number of para-hydroxylation sites is 2. The van der Waals surface area contributed by atoms with Gasteiger partial charge in [0.2, 0.25) is 0 Å². The number of fused-ring (bicyclic) bond motifs is 1. The number of rotatable bonds is 7. The Morgan fingerprint density at radius 1 is 0.838 bits per heavy atom. The van der Waals surface area contributed by atoms with Gasteiger partial charge in [0.25, 0.3) is 15.9 Å². The van der Waals surface area contributed by atoms with Crippen LogP contribution in [0.1, 0.15) is 29.8 Å². The van der Waals surface area contributed by atoms with Crippen molar-refractivity contribution in [1.29, 1.82) is 0 Å². The lowest BCUT2D eigenvalue weighted by Crippen LogP contribution is -2.29. The molecule has 1 aliphatic rings. The summed E-state index contributed by atoms with van der Waals surface area (Å²) in [5.41, 5.74) is 4.72. The first kappa shape index (κ1) is 24.6. The zero-order valence-corrected chi connectivity index (χ0v) is 21.7. The summed E-state index contributed by atoms with van der Waals surface area (Å²) < 4.78 is 28.2. The molecule has 0 fully saturated rings. The van der Waals surface area contributed by atoms with Gasteiger partial charge in [-0.25, -0.2) is 8.42 Å². The molecule has 0 saturated carbocycles. The fourth-order valence-electron chi connectivity index (χ4n) is 4.73. The van der Waals surface area contributed by atoms with Crippen LogP contribution in [-0.2, 0) is 16.4 Å². The molecule has 0 unspecified atom stereocenters. The molecule has 0 saturated heterocycles. The fraction of sp³-hybridized carbons (Fsp3) is 0.167. The molecule has 1 N–H and O–H groups in total. The maximum Gasteiger partial charge on any atom is 0.264 e. The predicted molar refractivity (Wildman–Crippen MR) is 149 cm³/mol. The molecular formula is C30H29N3O3S. The molecule has 0 bridgehead atoms. The molecule has 1 heterocycles. The Hall–Kier alpha value is -4.10. The molecule has 188 valence electrons. The van der Waals surface area contributed by atoms with Crippen LogP contribution in [0.4, 0.5) is 22.7 Å². The second-order valence-corrected chi connectivity index (χ2v) is 11.1. The summed E-state index contributed by atoms with van der Waals surface area (Å²) in [6.07, 6.45) is 0.671. The number of benzene rings is 4. The van der Waals surface area contributed by atoms with E-state index in [2.05, 4.69) is 36.2 Å². The molecule has 1 amide bonds. The van der Waals surface area contributed by atoms with Gasteiger partial charge in [-0.2, -0.15) is 0 Å². The van der Waals surface area contributed by atoms with Crippen molar-refractivity contribution in [1.82, 2.24) is 0 Å². The van der Waals surface area contributed by atoms with E-state index in [9.17, 15) is 13.2 Å². The molecule has 4 aromatic rings. The monoisotopic (exact) mass is 511 g/mol. The highest BCUT2D eigenvalue weighted by Crippen LogP contribution is 2.33. The summed E-state index contributed by atoms with van der Waals surface area (Å²) in [7, 11) is -3.78. The Bertz CT molecular complexity index is 1520. The van der Waals surface area contributed by atoms with Crippen molar-refractivity contribution in [3.63, 3.8) is 0 Å². The number of nitrogens with zero attached hydrogens (tertiary/aromatic N) is 2. The third-order valence-electron chi connectivity index (χ3n) is 6.48. The summed E-state index contributed by atoms with van der Waals surface area (Å²) in [5.74, 6) is -0.365. The lowest BCUT2D eigenvalue weighted by Gasteiger charge is -2.29. The molecule has 37 heavy (non-hydrogen) atoms. The summed E-state index contributed by atoms with van der Waals surface area (Å²) in [6, 6.07) is 31.7. The number of hydrogen-bond donors (Lipinski definition) is 1. The lowest BCUT2D eigenvalue weighted by molar-refractivity contribution is 0.102. The predicted octanol–water partition coefficient (Wildman–Crippen LogP) is 6.24. The summed E-state index contributed by atoms with van der Waals surface area (Å²) >= 11 is 0. The van der Waals surface area contributed by atoms with Crippen LogP contribution in [0.3, 0.4) is 0 Å². The third kappa shape index (κ3) is 4.95. The number of carbonyl (C=O) groups excluding carboxylic acids is 1. The van der Waals surface area contributed by atoms with Crippen molar-refractivity contribution in [2.45, 2.75) is 31.2 Å². The quantitative estimate of drug-likeness (QED) is 0.319. The van der Waals surface area contributed by atoms with Crippen LogP contribution in [0.15, 0.2) is 108 Å². The first-order valence-electron chi connectivity index (χ1n) is 12.3. The highest BCUT2D eigenvalue weighted by molar-refractivity contribution is 7.92. The lowest BCUT2D eigenvalue weighted by atomic mass is 10.1.